The topological polar surface area (TPSA) is 76.2 Å². The number of imide groups is 1. The lowest BCUT2D eigenvalue weighted by Gasteiger charge is -2.17. The summed E-state index contributed by atoms with van der Waals surface area (Å²) in [6.45, 7) is 3.87. The lowest BCUT2D eigenvalue weighted by Crippen LogP contribution is -2.29. The highest BCUT2D eigenvalue weighted by Gasteiger charge is 2.25. The van der Waals surface area contributed by atoms with Crippen molar-refractivity contribution in [3.63, 3.8) is 0 Å². The van der Waals surface area contributed by atoms with Crippen LogP contribution in [-0.4, -0.2) is 17.7 Å². The fraction of sp³-hybridized carbons (Fsp3) is 0. The summed E-state index contributed by atoms with van der Waals surface area (Å²) in [4.78, 5) is 38.2. The summed E-state index contributed by atoms with van der Waals surface area (Å²) in [5.74, 6) is 1.40. The highest BCUT2D eigenvalue weighted by atomic mass is 16.5. The molecule has 0 aliphatic carbocycles. The second-order valence-electron chi connectivity index (χ2n) is 7.51. The van der Waals surface area contributed by atoms with E-state index in [4.69, 9.17) is 9.47 Å². The van der Waals surface area contributed by atoms with Gasteiger partial charge < -0.3 is 9.47 Å². The maximum atomic E-state index is 12.0. The van der Waals surface area contributed by atoms with E-state index in [9.17, 15) is 14.4 Å². The van der Waals surface area contributed by atoms with Crippen molar-refractivity contribution in [2.24, 2.45) is 0 Å². The summed E-state index contributed by atoms with van der Waals surface area (Å²) < 4.78 is 11.8. The Balaban J connectivity index is 1.25. The standard InChI is InChI=1S/C27H18N2O5/c1-18-5-14-25(30)28(18)19-6-10-21(11-7-19)33-23-3-2-4-24(17-23)34-22-12-8-20(9-13-22)29-26(31)15-16-27(29)32/h2-17H,1H2. The smallest absolute Gasteiger partial charge is 0.258 e. The first-order valence-electron chi connectivity index (χ1n) is 10.4. The molecule has 0 bridgehead atoms. The fourth-order valence-corrected chi connectivity index (χ4v) is 3.61. The maximum Gasteiger partial charge on any atom is 0.258 e. The summed E-state index contributed by atoms with van der Waals surface area (Å²) in [7, 11) is 0. The van der Waals surface area contributed by atoms with Crippen molar-refractivity contribution in [3.8, 4) is 23.0 Å². The molecule has 0 spiro atoms. The van der Waals surface area contributed by atoms with Gasteiger partial charge in [-0.05, 0) is 66.7 Å². The van der Waals surface area contributed by atoms with Crippen LogP contribution < -0.4 is 19.3 Å². The minimum atomic E-state index is -0.370. The van der Waals surface area contributed by atoms with Crippen LogP contribution in [-0.2, 0) is 14.4 Å². The van der Waals surface area contributed by atoms with Gasteiger partial charge in [0, 0.05) is 35.7 Å². The van der Waals surface area contributed by atoms with Crippen LogP contribution in [0.15, 0.2) is 109 Å². The van der Waals surface area contributed by atoms with E-state index in [1.807, 2.05) is 0 Å². The van der Waals surface area contributed by atoms with E-state index in [1.165, 1.54) is 23.1 Å². The van der Waals surface area contributed by atoms with Crippen LogP contribution in [0.2, 0.25) is 0 Å². The van der Waals surface area contributed by atoms with E-state index in [-0.39, 0.29) is 17.7 Å². The summed E-state index contributed by atoms with van der Waals surface area (Å²) >= 11 is 0. The van der Waals surface area contributed by atoms with Crippen LogP contribution >= 0.6 is 0 Å². The molecular formula is C27H18N2O5. The number of nitrogens with zero attached hydrogens (tertiary/aromatic N) is 2. The van der Waals surface area contributed by atoms with E-state index < -0.39 is 0 Å². The molecule has 0 saturated heterocycles. The molecule has 2 heterocycles. The Morgan fingerprint density at radius 3 is 1.44 bits per heavy atom. The third-order valence-corrected chi connectivity index (χ3v) is 5.20. The Hall–Kier alpha value is -4.91. The molecule has 3 aromatic carbocycles. The largest absolute Gasteiger partial charge is 0.457 e. The Labute approximate surface area is 195 Å². The molecule has 0 saturated carbocycles. The molecule has 3 aromatic rings. The molecule has 0 fully saturated rings. The molecule has 0 radical (unpaired) electrons. The molecule has 0 N–H and O–H groups in total. The summed E-state index contributed by atoms with van der Waals surface area (Å²) in [6.07, 6.45) is 5.64. The van der Waals surface area contributed by atoms with Gasteiger partial charge in [0.25, 0.3) is 17.7 Å². The zero-order valence-corrected chi connectivity index (χ0v) is 17.9. The average Bonchev–Trinajstić information content (AvgIpc) is 3.35. The van der Waals surface area contributed by atoms with Crippen molar-refractivity contribution in [1.29, 1.82) is 0 Å². The molecule has 7 nitrogen and oxygen atoms in total. The summed E-state index contributed by atoms with van der Waals surface area (Å²) in [5.41, 5.74) is 1.80. The van der Waals surface area contributed by atoms with E-state index in [2.05, 4.69) is 6.58 Å². The third-order valence-electron chi connectivity index (χ3n) is 5.20. The van der Waals surface area contributed by atoms with Gasteiger partial charge in [0.2, 0.25) is 0 Å². The Morgan fingerprint density at radius 2 is 0.971 bits per heavy atom. The minimum absolute atomic E-state index is 0.133. The number of ether oxygens (including phenoxy) is 2. The van der Waals surface area contributed by atoms with Crippen LogP contribution in [0.3, 0.4) is 0 Å². The van der Waals surface area contributed by atoms with Crippen LogP contribution in [0.4, 0.5) is 11.4 Å². The minimum Gasteiger partial charge on any atom is -0.457 e. The molecule has 2 aliphatic rings. The van der Waals surface area contributed by atoms with E-state index in [1.54, 1.807) is 78.9 Å². The van der Waals surface area contributed by atoms with Gasteiger partial charge in [-0.3, -0.25) is 19.3 Å². The molecule has 166 valence electrons. The SMILES string of the molecule is C=C1C=CC(=O)N1c1ccc(Oc2cccc(Oc3ccc(N4C(=O)C=CC4=O)cc3)c2)cc1. The van der Waals surface area contributed by atoms with Crippen molar-refractivity contribution in [2.75, 3.05) is 9.80 Å². The number of carbonyl (C=O) groups excluding carboxylic acids is 3. The molecule has 7 heteroatoms. The van der Waals surface area contributed by atoms with Gasteiger partial charge in [0.1, 0.15) is 23.0 Å². The first-order valence-corrected chi connectivity index (χ1v) is 10.4. The number of carbonyl (C=O) groups is 3. The molecule has 5 rings (SSSR count). The molecule has 0 aromatic heterocycles. The molecule has 0 unspecified atom stereocenters. The lowest BCUT2D eigenvalue weighted by atomic mass is 10.2. The highest BCUT2D eigenvalue weighted by molar-refractivity contribution is 6.28. The first kappa shape index (κ1) is 21.0. The zero-order valence-electron chi connectivity index (χ0n) is 17.9. The molecule has 34 heavy (non-hydrogen) atoms. The monoisotopic (exact) mass is 450 g/mol. The third kappa shape index (κ3) is 4.10. The average molecular weight is 450 g/mol. The molecule has 2 aliphatic heterocycles. The van der Waals surface area contributed by atoms with Gasteiger partial charge in [-0.25, -0.2) is 4.90 Å². The van der Waals surface area contributed by atoms with E-state index >= 15 is 0 Å². The number of rotatable bonds is 6. The summed E-state index contributed by atoms with van der Waals surface area (Å²) in [6, 6.07) is 20.9. The van der Waals surface area contributed by atoms with Crippen molar-refractivity contribution in [2.45, 2.75) is 0 Å². The molecule has 3 amide bonds. The van der Waals surface area contributed by atoms with E-state index in [0.29, 0.717) is 40.1 Å². The molecule has 0 atom stereocenters. The lowest BCUT2D eigenvalue weighted by molar-refractivity contribution is -0.120. The number of allylic oxidation sites excluding steroid dienone is 1. The second-order valence-corrected chi connectivity index (χ2v) is 7.51. The maximum absolute atomic E-state index is 12.0. The van der Waals surface area contributed by atoms with Crippen molar-refractivity contribution >= 4 is 29.1 Å². The Kier molecular flexibility index (Phi) is 5.27. The highest BCUT2D eigenvalue weighted by Crippen LogP contribution is 2.31. The zero-order chi connectivity index (χ0) is 23.7. The van der Waals surface area contributed by atoms with Crippen molar-refractivity contribution in [1.82, 2.24) is 0 Å². The second kappa shape index (κ2) is 8.55. The Morgan fingerprint density at radius 1 is 0.529 bits per heavy atom. The van der Waals surface area contributed by atoms with Gasteiger partial charge in [-0.2, -0.15) is 0 Å². The van der Waals surface area contributed by atoms with Crippen LogP contribution in [0, 0.1) is 0 Å². The Bertz CT molecular complexity index is 1230. The van der Waals surface area contributed by atoms with Gasteiger partial charge in [0.15, 0.2) is 0 Å². The number of benzene rings is 3. The van der Waals surface area contributed by atoms with Crippen LogP contribution in [0.5, 0.6) is 23.0 Å². The number of amides is 3. The summed E-state index contributed by atoms with van der Waals surface area (Å²) in [5, 5.41) is 0. The predicted molar refractivity (Wildman–Crippen MR) is 127 cm³/mol. The number of hydrogen-bond acceptors (Lipinski definition) is 5. The van der Waals surface area contributed by atoms with Gasteiger partial charge in [-0.15, -0.1) is 0 Å². The predicted octanol–water partition coefficient (Wildman–Crippen LogP) is 5.12. The quantitative estimate of drug-likeness (QED) is 0.488. The van der Waals surface area contributed by atoms with Gasteiger partial charge >= 0.3 is 0 Å². The van der Waals surface area contributed by atoms with Crippen molar-refractivity contribution in [3.05, 3.63) is 109 Å². The first-order chi connectivity index (χ1) is 16.5. The van der Waals surface area contributed by atoms with Gasteiger partial charge in [-0.1, -0.05) is 12.6 Å². The fourth-order valence-electron chi connectivity index (χ4n) is 3.61. The van der Waals surface area contributed by atoms with Crippen molar-refractivity contribution < 1.29 is 23.9 Å². The van der Waals surface area contributed by atoms with Crippen LogP contribution in [0.1, 0.15) is 0 Å². The van der Waals surface area contributed by atoms with Crippen LogP contribution in [0.25, 0.3) is 0 Å². The number of anilines is 2. The molecular weight excluding hydrogens is 432 g/mol. The van der Waals surface area contributed by atoms with E-state index in [0.717, 1.165) is 4.90 Å². The normalized spacial score (nSPS) is 14.9. The van der Waals surface area contributed by atoms with Gasteiger partial charge in [0.05, 0.1) is 5.69 Å². The number of hydrogen-bond donors (Lipinski definition) is 0.